The van der Waals surface area contributed by atoms with Crippen LogP contribution < -0.4 is 5.73 Å². The fourth-order valence-electron chi connectivity index (χ4n) is 2.11. The summed E-state index contributed by atoms with van der Waals surface area (Å²) in [5, 5.41) is 0. The zero-order valence-corrected chi connectivity index (χ0v) is 11.1. The van der Waals surface area contributed by atoms with Crippen LogP contribution in [0.25, 0.3) is 0 Å². The third-order valence-electron chi connectivity index (χ3n) is 3.29. The number of aryl methyl sites for hydroxylation is 1. The molecule has 0 amide bonds. The van der Waals surface area contributed by atoms with Gasteiger partial charge in [0.2, 0.25) is 0 Å². The molecule has 106 valence electrons. The first-order chi connectivity index (χ1) is 9.41. The lowest BCUT2D eigenvalue weighted by Gasteiger charge is -2.15. The van der Waals surface area contributed by atoms with Crippen molar-refractivity contribution in [3.05, 3.63) is 70.8 Å². The second-order valence-electron chi connectivity index (χ2n) is 4.70. The van der Waals surface area contributed by atoms with Crippen LogP contribution >= 0.6 is 0 Å². The third-order valence-corrected chi connectivity index (χ3v) is 3.29. The van der Waals surface area contributed by atoms with Crippen LogP contribution in [0.3, 0.4) is 0 Å². The number of rotatable bonds is 3. The van der Waals surface area contributed by atoms with Gasteiger partial charge in [-0.3, -0.25) is 0 Å². The first-order valence-corrected chi connectivity index (χ1v) is 6.43. The smallest absolute Gasteiger partial charge is 0.320 e. The molecular weight excluding hydrogens is 263 g/mol. The molecule has 0 bridgehead atoms. The number of nitrogens with two attached hydrogens (primary N) is 1. The maximum Gasteiger partial charge on any atom is 0.416 e. The lowest BCUT2D eigenvalue weighted by atomic mass is 9.96. The average Bonchev–Trinajstić information content (AvgIpc) is 2.46. The molecule has 0 aliphatic heterocycles. The standard InChI is InChI=1S/C16H16F3N/c1-2-11-5-3-6-12(9-11)15(20)13-7-4-8-14(10-13)16(17,18)19/h3-10,15H,2,20H2,1H3. The van der Waals surface area contributed by atoms with E-state index < -0.39 is 17.8 Å². The first-order valence-electron chi connectivity index (χ1n) is 6.43. The summed E-state index contributed by atoms with van der Waals surface area (Å²) in [6.07, 6.45) is -3.48. The van der Waals surface area contributed by atoms with Gasteiger partial charge in [-0.2, -0.15) is 13.2 Å². The molecule has 20 heavy (non-hydrogen) atoms. The largest absolute Gasteiger partial charge is 0.416 e. The fourth-order valence-corrected chi connectivity index (χ4v) is 2.11. The normalized spacial score (nSPS) is 13.2. The summed E-state index contributed by atoms with van der Waals surface area (Å²) in [5.41, 5.74) is 7.82. The summed E-state index contributed by atoms with van der Waals surface area (Å²) in [4.78, 5) is 0. The van der Waals surface area contributed by atoms with Crippen LogP contribution in [0.2, 0.25) is 0 Å². The van der Waals surface area contributed by atoms with Crippen LogP contribution in [0.1, 0.15) is 35.2 Å². The van der Waals surface area contributed by atoms with Gasteiger partial charge in [0.05, 0.1) is 11.6 Å². The highest BCUT2D eigenvalue weighted by Gasteiger charge is 2.30. The van der Waals surface area contributed by atoms with Gasteiger partial charge >= 0.3 is 6.18 Å². The van der Waals surface area contributed by atoms with Crippen molar-refractivity contribution in [2.24, 2.45) is 5.73 Å². The SMILES string of the molecule is CCc1cccc(C(N)c2cccc(C(F)(F)F)c2)c1. The predicted molar refractivity (Wildman–Crippen MR) is 73.3 cm³/mol. The Kier molecular flexibility index (Phi) is 4.14. The third kappa shape index (κ3) is 3.20. The van der Waals surface area contributed by atoms with E-state index in [9.17, 15) is 13.2 Å². The molecule has 0 fully saturated rings. The van der Waals surface area contributed by atoms with Crippen molar-refractivity contribution in [3.63, 3.8) is 0 Å². The highest BCUT2D eigenvalue weighted by atomic mass is 19.4. The van der Waals surface area contributed by atoms with Gasteiger partial charge in [-0.1, -0.05) is 43.3 Å². The van der Waals surface area contributed by atoms with Crippen molar-refractivity contribution >= 4 is 0 Å². The molecule has 0 radical (unpaired) electrons. The van der Waals surface area contributed by atoms with Gasteiger partial charge < -0.3 is 5.73 Å². The molecule has 0 spiro atoms. The molecule has 0 aliphatic rings. The van der Waals surface area contributed by atoms with Crippen molar-refractivity contribution in [1.29, 1.82) is 0 Å². The molecule has 0 saturated heterocycles. The molecule has 2 aromatic carbocycles. The van der Waals surface area contributed by atoms with Crippen molar-refractivity contribution in [2.75, 3.05) is 0 Å². The molecular formula is C16H16F3N. The molecule has 0 saturated carbocycles. The number of hydrogen-bond donors (Lipinski definition) is 1. The van der Waals surface area contributed by atoms with E-state index in [2.05, 4.69) is 0 Å². The Morgan fingerprint density at radius 1 is 1.00 bits per heavy atom. The number of alkyl halides is 3. The molecule has 1 nitrogen and oxygen atoms in total. The van der Waals surface area contributed by atoms with Gasteiger partial charge in [0, 0.05) is 0 Å². The maximum absolute atomic E-state index is 12.7. The Morgan fingerprint density at radius 3 is 2.20 bits per heavy atom. The van der Waals surface area contributed by atoms with E-state index in [1.54, 1.807) is 6.07 Å². The van der Waals surface area contributed by atoms with Crippen LogP contribution in [0.15, 0.2) is 48.5 Å². The molecule has 2 rings (SSSR count). The van der Waals surface area contributed by atoms with Gasteiger partial charge in [-0.25, -0.2) is 0 Å². The Bertz CT molecular complexity index is 590. The highest BCUT2D eigenvalue weighted by Crippen LogP contribution is 2.31. The lowest BCUT2D eigenvalue weighted by molar-refractivity contribution is -0.137. The minimum absolute atomic E-state index is 0.466. The summed E-state index contributed by atoms with van der Waals surface area (Å²) >= 11 is 0. The zero-order chi connectivity index (χ0) is 14.8. The number of benzene rings is 2. The van der Waals surface area contributed by atoms with Crippen LogP contribution in [-0.4, -0.2) is 0 Å². The maximum atomic E-state index is 12.7. The topological polar surface area (TPSA) is 26.0 Å². The van der Waals surface area contributed by atoms with Crippen molar-refractivity contribution < 1.29 is 13.2 Å². The Morgan fingerprint density at radius 2 is 1.60 bits per heavy atom. The predicted octanol–water partition coefficient (Wildman–Crippen LogP) is 4.32. The fraction of sp³-hybridized carbons (Fsp3) is 0.250. The molecule has 0 aliphatic carbocycles. The quantitative estimate of drug-likeness (QED) is 0.889. The van der Waals surface area contributed by atoms with Crippen LogP contribution in [0.5, 0.6) is 0 Å². The first kappa shape index (κ1) is 14.6. The van der Waals surface area contributed by atoms with E-state index in [1.807, 2.05) is 31.2 Å². The van der Waals surface area contributed by atoms with Crippen LogP contribution in [-0.2, 0) is 12.6 Å². The summed E-state index contributed by atoms with van der Waals surface area (Å²) in [5.74, 6) is 0. The summed E-state index contributed by atoms with van der Waals surface area (Å²) in [7, 11) is 0. The van der Waals surface area contributed by atoms with Crippen molar-refractivity contribution in [3.8, 4) is 0 Å². The molecule has 1 unspecified atom stereocenters. The Hall–Kier alpha value is -1.81. The Labute approximate surface area is 116 Å². The minimum Gasteiger partial charge on any atom is -0.320 e. The van der Waals surface area contributed by atoms with E-state index in [0.717, 1.165) is 29.7 Å². The van der Waals surface area contributed by atoms with Gasteiger partial charge in [0.25, 0.3) is 0 Å². The van der Waals surface area contributed by atoms with E-state index in [4.69, 9.17) is 5.73 Å². The van der Waals surface area contributed by atoms with Gasteiger partial charge in [0.15, 0.2) is 0 Å². The van der Waals surface area contributed by atoms with Gasteiger partial charge in [-0.05, 0) is 35.2 Å². The van der Waals surface area contributed by atoms with Crippen LogP contribution in [0.4, 0.5) is 13.2 Å². The van der Waals surface area contributed by atoms with E-state index in [0.29, 0.717) is 5.56 Å². The van der Waals surface area contributed by atoms with E-state index in [1.165, 1.54) is 6.07 Å². The lowest BCUT2D eigenvalue weighted by Crippen LogP contribution is -2.14. The molecule has 0 aromatic heterocycles. The minimum atomic E-state index is -4.35. The average molecular weight is 279 g/mol. The highest BCUT2D eigenvalue weighted by molar-refractivity contribution is 5.36. The summed E-state index contributed by atoms with van der Waals surface area (Å²) in [6.45, 7) is 2.02. The Balaban J connectivity index is 2.35. The number of hydrogen-bond acceptors (Lipinski definition) is 1. The molecule has 2 N–H and O–H groups in total. The second-order valence-corrected chi connectivity index (χ2v) is 4.70. The zero-order valence-electron chi connectivity index (χ0n) is 11.1. The molecule has 2 aromatic rings. The van der Waals surface area contributed by atoms with E-state index >= 15 is 0 Å². The monoisotopic (exact) mass is 279 g/mol. The molecule has 0 heterocycles. The van der Waals surface area contributed by atoms with E-state index in [-0.39, 0.29) is 0 Å². The van der Waals surface area contributed by atoms with Gasteiger partial charge in [-0.15, -0.1) is 0 Å². The second kappa shape index (κ2) is 5.67. The summed E-state index contributed by atoms with van der Waals surface area (Å²) in [6, 6.07) is 12.3. The number of halogens is 3. The van der Waals surface area contributed by atoms with Crippen molar-refractivity contribution in [1.82, 2.24) is 0 Å². The van der Waals surface area contributed by atoms with Crippen molar-refractivity contribution in [2.45, 2.75) is 25.6 Å². The van der Waals surface area contributed by atoms with Crippen LogP contribution in [0, 0.1) is 0 Å². The van der Waals surface area contributed by atoms with Gasteiger partial charge in [0.1, 0.15) is 0 Å². The summed E-state index contributed by atoms with van der Waals surface area (Å²) < 4.78 is 38.1. The molecule has 4 heteroatoms. The molecule has 1 atom stereocenters.